The van der Waals surface area contributed by atoms with E-state index in [-0.39, 0.29) is 5.78 Å². The van der Waals surface area contributed by atoms with Crippen LogP contribution in [0.4, 0.5) is 0 Å². The normalized spacial score (nSPS) is 20.8. The van der Waals surface area contributed by atoms with Gasteiger partial charge < -0.3 is 0 Å². The van der Waals surface area contributed by atoms with Crippen molar-refractivity contribution in [2.75, 3.05) is 0 Å². The van der Waals surface area contributed by atoms with Gasteiger partial charge in [0, 0.05) is 22.9 Å². The zero-order valence-corrected chi connectivity index (χ0v) is 6.30. The van der Waals surface area contributed by atoms with Gasteiger partial charge in [-0.1, -0.05) is 11.6 Å². The van der Waals surface area contributed by atoms with Gasteiger partial charge in [0.2, 0.25) is 0 Å². The Hall–Kier alpha value is -1.15. The molecule has 0 N–H and O–H groups in total. The highest BCUT2D eigenvalue weighted by atomic mass is 35.5. The first kappa shape index (κ1) is 6.55. The molecule has 0 radical (unpaired) electrons. The fraction of sp³-hybridized carbons (Fsp3) is 0. The van der Waals surface area contributed by atoms with E-state index in [1.807, 2.05) is 0 Å². The molecule has 2 nitrogen and oxygen atoms in total. The predicted octanol–water partition coefficient (Wildman–Crippen LogP) is 1.59. The van der Waals surface area contributed by atoms with Gasteiger partial charge in [0.1, 0.15) is 0 Å². The number of ketones is 1. The molecular formula is C8H4ClNO. The molecule has 0 unspecified atom stereocenters. The van der Waals surface area contributed by atoms with Gasteiger partial charge >= 0.3 is 0 Å². The first-order valence-electron chi connectivity index (χ1n) is 3.15. The minimum atomic E-state index is -0.0648. The number of hydrogen-bond donors (Lipinski definition) is 0. The van der Waals surface area contributed by atoms with Crippen LogP contribution in [-0.4, -0.2) is 12.0 Å². The third kappa shape index (κ3) is 0.955. The summed E-state index contributed by atoms with van der Waals surface area (Å²) in [6.07, 6.45) is 6.36. The van der Waals surface area contributed by atoms with E-state index >= 15 is 0 Å². The highest BCUT2D eigenvalue weighted by Crippen LogP contribution is 2.25. The number of allylic oxidation sites excluding steroid dienone is 5. The van der Waals surface area contributed by atoms with Crippen molar-refractivity contribution in [3.8, 4) is 0 Å². The van der Waals surface area contributed by atoms with E-state index in [9.17, 15) is 4.79 Å². The molecule has 1 aliphatic carbocycles. The van der Waals surface area contributed by atoms with Gasteiger partial charge in [-0.2, -0.15) is 0 Å². The number of rotatable bonds is 0. The molecule has 0 bridgehead atoms. The second kappa shape index (κ2) is 2.17. The Morgan fingerprint density at radius 1 is 1.36 bits per heavy atom. The third-order valence-electron chi connectivity index (χ3n) is 1.54. The lowest BCUT2D eigenvalue weighted by atomic mass is 10.0. The Morgan fingerprint density at radius 2 is 2.18 bits per heavy atom. The second-order valence-corrected chi connectivity index (χ2v) is 2.72. The molecule has 2 aliphatic rings. The van der Waals surface area contributed by atoms with Gasteiger partial charge in [0.05, 0.1) is 5.70 Å². The lowest BCUT2D eigenvalue weighted by Gasteiger charge is -2.04. The number of halogens is 1. The lowest BCUT2D eigenvalue weighted by Crippen LogP contribution is -2.02. The van der Waals surface area contributed by atoms with Crippen molar-refractivity contribution in [3.63, 3.8) is 0 Å². The maximum Gasteiger partial charge on any atom is 0.189 e. The van der Waals surface area contributed by atoms with E-state index in [4.69, 9.17) is 11.6 Å². The van der Waals surface area contributed by atoms with Crippen LogP contribution >= 0.6 is 11.6 Å². The van der Waals surface area contributed by atoms with Crippen LogP contribution in [0.3, 0.4) is 0 Å². The van der Waals surface area contributed by atoms with Crippen LogP contribution in [0.5, 0.6) is 0 Å². The van der Waals surface area contributed by atoms with Crippen molar-refractivity contribution in [2.45, 2.75) is 0 Å². The average molecular weight is 166 g/mol. The van der Waals surface area contributed by atoms with Crippen molar-refractivity contribution >= 4 is 23.6 Å². The number of carbonyl (C=O) groups excluding carboxylic acids is 1. The van der Waals surface area contributed by atoms with E-state index in [1.165, 1.54) is 6.08 Å². The standard InChI is InChI=1S/C8H4ClNO/c9-5-3-7-6(1-2-10-7)8(11)4-5/h1-4H. The first-order chi connectivity index (χ1) is 5.27. The van der Waals surface area contributed by atoms with Crippen LogP contribution in [0.1, 0.15) is 0 Å². The Labute approximate surface area is 68.6 Å². The maximum atomic E-state index is 11.1. The smallest absolute Gasteiger partial charge is 0.189 e. The Morgan fingerprint density at radius 3 is 3.00 bits per heavy atom. The first-order valence-corrected chi connectivity index (χ1v) is 3.53. The van der Waals surface area contributed by atoms with Gasteiger partial charge in [0.15, 0.2) is 5.78 Å². The zero-order valence-electron chi connectivity index (χ0n) is 5.54. The van der Waals surface area contributed by atoms with E-state index < -0.39 is 0 Å². The summed E-state index contributed by atoms with van der Waals surface area (Å²) < 4.78 is 0. The van der Waals surface area contributed by atoms with Crippen molar-refractivity contribution in [2.24, 2.45) is 4.99 Å². The van der Waals surface area contributed by atoms with Crippen LogP contribution < -0.4 is 0 Å². The molecule has 3 heteroatoms. The van der Waals surface area contributed by atoms with Crippen LogP contribution in [0.2, 0.25) is 0 Å². The topological polar surface area (TPSA) is 29.4 Å². The molecule has 0 fully saturated rings. The van der Waals surface area contributed by atoms with Gasteiger partial charge in [-0.3, -0.25) is 9.79 Å². The van der Waals surface area contributed by atoms with Crippen LogP contribution in [0.15, 0.2) is 39.5 Å². The summed E-state index contributed by atoms with van der Waals surface area (Å²) in [5.74, 6) is -0.0648. The quantitative estimate of drug-likeness (QED) is 0.536. The molecule has 0 amide bonds. The molecule has 2 rings (SSSR count). The number of fused-ring (bicyclic) bond motifs is 1. The minimum Gasteiger partial charge on any atom is -0.289 e. The molecule has 1 aliphatic heterocycles. The van der Waals surface area contributed by atoms with Crippen LogP contribution in [0, 0.1) is 0 Å². The lowest BCUT2D eigenvalue weighted by molar-refractivity contribution is -0.111. The summed E-state index contributed by atoms with van der Waals surface area (Å²) in [6, 6.07) is 0. The van der Waals surface area contributed by atoms with Crippen molar-refractivity contribution in [3.05, 3.63) is 34.5 Å². The summed E-state index contributed by atoms with van der Waals surface area (Å²) in [5, 5.41) is 0.446. The van der Waals surface area contributed by atoms with Crippen molar-refractivity contribution in [1.29, 1.82) is 0 Å². The summed E-state index contributed by atoms with van der Waals surface area (Å²) in [5.41, 5.74) is 1.30. The molecule has 0 spiro atoms. The summed E-state index contributed by atoms with van der Waals surface area (Å²) in [7, 11) is 0. The van der Waals surface area contributed by atoms with E-state index in [1.54, 1.807) is 18.4 Å². The maximum absolute atomic E-state index is 11.1. The summed E-state index contributed by atoms with van der Waals surface area (Å²) in [6.45, 7) is 0. The van der Waals surface area contributed by atoms with Crippen LogP contribution in [-0.2, 0) is 4.79 Å². The summed E-state index contributed by atoms with van der Waals surface area (Å²) in [4.78, 5) is 15.1. The molecular weight excluding hydrogens is 162 g/mol. The third-order valence-corrected chi connectivity index (χ3v) is 1.76. The van der Waals surface area contributed by atoms with E-state index in [0.717, 1.165) is 0 Å². The Bertz CT molecular complexity index is 347. The Kier molecular flexibility index (Phi) is 1.29. The monoisotopic (exact) mass is 165 g/mol. The second-order valence-electron chi connectivity index (χ2n) is 2.28. The van der Waals surface area contributed by atoms with Gasteiger partial charge in [-0.25, -0.2) is 0 Å². The van der Waals surface area contributed by atoms with E-state index in [0.29, 0.717) is 16.3 Å². The van der Waals surface area contributed by atoms with E-state index in [2.05, 4.69) is 4.99 Å². The van der Waals surface area contributed by atoms with Gasteiger partial charge in [-0.05, 0) is 12.2 Å². The molecule has 0 aromatic rings. The van der Waals surface area contributed by atoms with Crippen molar-refractivity contribution in [1.82, 2.24) is 0 Å². The predicted molar refractivity (Wildman–Crippen MR) is 43.6 cm³/mol. The molecule has 0 atom stereocenters. The molecule has 0 saturated carbocycles. The highest BCUT2D eigenvalue weighted by molar-refractivity contribution is 6.34. The summed E-state index contributed by atoms with van der Waals surface area (Å²) >= 11 is 5.64. The molecule has 0 aromatic heterocycles. The van der Waals surface area contributed by atoms with Crippen molar-refractivity contribution < 1.29 is 4.79 Å². The fourth-order valence-electron chi connectivity index (χ4n) is 1.05. The highest BCUT2D eigenvalue weighted by Gasteiger charge is 2.18. The molecule has 0 aromatic carbocycles. The average Bonchev–Trinajstić information content (AvgIpc) is 2.34. The molecule has 1 heterocycles. The van der Waals surface area contributed by atoms with Crippen LogP contribution in [0.25, 0.3) is 0 Å². The minimum absolute atomic E-state index is 0.0648. The SMILES string of the molecule is O=C1C=C(Cl)C=C2N=CC=C12. The molecule has 54 valence electrons. The zero-order chi connectivity index (χ0) is 7.84. The Balaban J connectivity index is 2.54. The number of aliphatic imine (C=N–C) groups is 1. The molecule has 11 heavy (non-hydrogen) atoms. The number of nitrogens with zero attached hydrogens (tertiary/aromatic N) is 1. The molecule has 0 saturated heterocycles. The largest absolute Gasteiger partial charge is 0.289 e. The van der Waals surface area contributed by atoms with Gasteiger partial charge in [0.25, 0.3) is 0 Å². The number of carbonyl (C=O) groups is 1. The van der Waals surface area contributed by atoms with Gasteiger partial charge in [-0.15, -0.1) is 0 Å². The fourth-order valence-corrected chi connectivity index (χ4v) is 1.25. The number of hydrogen-bond acceptors (Lipinski definition) is 2.